The molecule has 0 amide bonds. The molecule has 0 aliphatic carbocycles. The molecule has 7 heteroatoms. The maximum atomic E-state index is 5.93. The molecule has 27 heavy (non-hydrogen) atoms. The predicted molar refractivity (Wildman–Crippen MR) is 101 cm³/mol. The Morgan fingerprint density at radius 2 is 1.85 bits per heavy atom. The van der Waals surface area contributed by atoms with Crippen molar-refractivity contribution in [2.24, 2.45) is 0 Å². The molecule has 1 saturated heterocycles. The van der Waals surface area contributed by atoms with Crippen LogP contribution < -0.4 is 14.4 Å². The van der Waals surface area contributed by atoms with E-state index in [1.165, 1.54) is 0 Å². The number of hydrogen-bond donors (Lipinski definition) is 0. The van der Waals surface area contributed by atoms with E-state index in [1.807, 2.05) is 59.4 Å². The third-order valence-corrected chi connectivity index (χ3v) is 4.56. The van der Waals surface area contributed by atoms with Crippen LogP contribution in [0.2, 0.25) is 0 Å². The minimum atomic E-state index is -0.254. The van der Waals surface area contributed by atoms with Crippen molar-refractivity contribution < 1.29 is 14.2 Å². The summed E-state index contributed by atoms with van der Waals surface area (Å²) in [5.74, 6) is 1.65. The van der Waals surface area contributed by atoms with Crippen molar-refractivity contribution in [1.82, 2.24) is 15.0 Å². The van der Waals surface area contributed by atoms with Crippen LogP contribution in [-0.2, 0) is 11.3 Å². The van der Waals surface area contributed by atoms with Crippen molar-refractivity contribution in [3.8, 4) is 11.5 Å². The highest BCUT2D eigenvalue weighted by molar-refractivity contribution is 5.52. The fourth-order valence-electron chi connectivity index (χ4n) is 3.23. The first kappa shape index (κ1) is 17.4. The van der Waals surface area contributed by atoms with Crippen molar-refractivity contribution in [1.29, 1.82) is 0 Å². The topological polar surface area (TPSA) is 61.6 Å². The van der Waals surface area contributed by atoms with Crippen LogP contribution in [0.15, 0.2) is 54.7 Å². The first-order chi connectivity index (χ1) is 13.3. The fraction of sp³-hybridized carbons (Fsp3) is 0.300. The zero-order valence-corrected chi connectivity index (χ0v) is 15.4. The van der Waals surface area contributed by atoms with E-state index in [-0.39, 0.29) is 6.23 Å². The number of benzene rings is 2. The fourth-order valence-corrected chi connectivity index (χ4v) is 3.23. The smallest absolute Gasteiger partial charge is 0.177 e. The van der Waals surface area contributed by atoms with Crippen LogP contribution in [-0.4, -0.2) is 42.4 Å². The van der Waals surface area contributed by atoms with Crippen LogP contribution in [0.4, 0.5) is 5.69 Å². The van der Waals surface area contributed by atoms with Gasteiger partial charge in [0.25, 0.3) is 0 Å². The first-order valence-electron chi connectivity index (χ1n) is 8.82. The molecule has 7 nitrogen and oxygen atoms in total. The highest BCUT2D eigenvalue weighted by atomic mass is 16.5. The molecular formula is C20H22N4O3. The van der Waals surface area contributed by atoms with Crippen molar-refractivity contribution >= 4 is 5.69 Å². The number of methoxy groups -OCH3 is 2. The van der Waals surface area contributed by atoms with Gasteiger partial charge in [-0.2, -0.15) is 0 Å². The van der Waals surface area contributed by atoms with Crippen LogP contribution in [0.5, 0.6) is 11.5 Å². The molecule has 0 saturated carbocycles. The summed E-state index contributed by atoms with van der Waals surface area (Å²) in [6.45, 7) is 2.06. The van der Waals surface area contributed by atoms with Crippen LogP contribution >= 0.6 is 0 Å². The largest absolute Gasteiger partial charge is 0.497 e. The average Bonchev–Trinajstić information content (AvgIpc) is 3.37. The zero-order chi connectivity index (χ0) is 18.6. The Hall–Kier alpha value is -3.06. The Labute approximate surface area is 158 Å². The third-order valence-electron chi connectivity index (χ3n) is 4.56. The number of aromatic nitrogens is 3. The molecule has 1 atom stereocenters. The van der Waals surface area contributed by atoms with Gasteiger partial charge < -0.3 is 19.1 Å². The summed E-state index contributed by atoms with van der Waals surface area (Å²) in [5, 5.41) is 8.61. The first-order valence-corrected chi connectivity index (χ1v) is 8.82. The van der Waals surface area contributed by atoms with Gasteiger partial charge in [-0.1, -0.05) is 23.4 Å². The van der Waals surface area contributed by atoms with E-state index < -0.39 is 0 Å². The van der Waals surface area contributed by atoms with Crippen molar-refractivity contribution in [2.45, 2.75) is 12.8 Å². The van der Waals surface area contributed by atoms with Crippen molar-refractivity contribution in [2.75, 3.05) is 32.3 Å². The van der Waals surface area contributed by atoms with E-state index in [0.29, 0.717) is 13.2 Å². The Morgan fingerprint density at radius 3 is 2.67 bits per heavy atom. The zero-order valence-electron chi connectivity index (χ0n) is 15.4. The molecule has 4 rings (SSSR count). The maximum Gasteiger partial charge on any atom is 0.177 e. The van der Waals surface area contributed by atoms with Gasteiger partial charge in [0.1, 0.15) is 17.2 Å². The second-order valence-electron chi connectivity index (χ2n) is 6.31. The molecule has 2 aromatic carbocycles. The van der Waals surface area contributed by atoms with E-state index >= 15 is 0 Å². The van der Waals surface area contributed by atoms with Gasteiger partial charge in [-0.05, 0) is 29.8 Å². The predicted octanol–water partition coefficient (Wildman–Crippen LogP) is 2.88. The van der Waals surface area contributed by atoms with Gasteiger partial charge in [-0.15, -0.1) is 5.10 Å². The summed E-state index contributed by atoms with van der Waals surface area (Å²) < 4.78 is 18.4. The molecule has 2 heterocycles. The lowest BCUT2D eigenvalue weighted by Gasteiger charge is -2.23. The van der Waals surface area contributed by atoms with Crippen LogP contribution in [0.25, 0.3) is 0 Å². The molecule has 1 aromatic heterocycles. The average molecular weight is 366 g/mol. The lowest BCUT2D eigenvalue weighted by atomic mass is 10.2. The Bertz CT molecular complexity index is 912. The maximum absolute atomic E-state index is 5.93. The molecule has 0 spiro atoms. The van der Waals surface area contributed by atoms with Crippen molar-refractivity contribution in [3.05, 3.63) is 66.0 Å². The second kappa shape index (κ2) is 7.67. The lowest BCUT2D eigenvalue weighted by Crippen LogP contribution is -2.23. The minimum Gasteiger partial charge on any atom is -0.497 e. The Morgan fingerprint density at radius 1 is 1.07 bits per heavy atom. The Kier molecular flexibility index (Phi) is 4.93. The molecule has 0 bridgehead atoms. The van der Waals surface area contributed by atoms with E-state index in [1.54, 1.807) is 14.2 Å². The molecule has 1 aliphatic rings. The van der Waals surface area contributed by atoms with Crippen molar-refractivity contribution in [3.63, 3.8) is 0 Å². The summed E-state index contributed by atoms with van der Waals surface area (Å²) in [6.07, 6.45) is 1.68. The van der Waals surface area contributed by atoms with Gasteiger partial charge >= 0.3 is 0 Å². The van der Waals surface area contributed by atoms with Gasteiger partial charge in [-0.25, -0.2) is 4.68 Å². The standard InChI is InChI=1S/C20H22N4O3/c1-25-17-7-3-5-15(11-17)13-23-14-19(21-22-23)20-24(9-10-27-20)16-6-4-8-18(12-16)26-2/h3-8,11-12,14,20H,9-10,13H2,1-2H3/t20-/m0/s1. The van der Waals surface area contributed by atoms with Gasteiger partial charge in [-0.3, -0.25) is 0 Å². The second-order valence-corrected chi connectivity index (χ2v) is 6.31. The van der Waals surface area contributed by atoms with Crippen LogP contribution in [0.3, 0.4) is 0 Å². The van der Waals surface area contributed by atoms with E-state index in [2.05, 4.69) is 15.2 Å². The van der Waals surface area contributed by atoms with Gasteiger partial charge in [0.2, 0.25) is 0 Å². The lowest BCUT2D eigenvalue weighted by molar-refractivity contribution is 0.110. The van der Waals surface area contributed by atoms with Crippen LogP contribution in [0, 0.1) is 0 Å². The number of rotatable bonds is 6. The summed E-state index contributed by atoms with van der Waals surface area (Å²) >= 11 is 0. The number of nitrogens with zero attached hydrogens (tertiary/aromatic N) is 4. The molecule has 3 aromatic rings. The number of ether oxygens (including phenoxy) is 3. The SMILES string of the molecule is COc1cccc(Cn2cc([C@@H]3OCCN3c3cccc(OC)c3)nn2)c1. The third kappa shape index (κ3) is 3.73. The summed E-state index contributed by atoms with van der Waals surface area (Å²) in [5.41, 5.74) is 2.93. The minimum absolute atomic E-state index is 0.254. The number of anilines is 1. The molecule has 0 N–H and O–H groups in total. The molecule has 0 unspecified atom stereocenters. The summed E-state index contributed by atoms with van der Waals surface area (Å²) in [7, 11) is 3.33. The van der Waals surface area contributed by atoms with Gasteiger partial charge in [0.15, 0.2) is 6.23 Å². The molecular weight excluding hydrogens is 344 g/mol. The van der Waals surface area contributed by atoms with E-state index in [4.69, 9.17) is 14.2 Å². The summed E-state index contributed by atoms with van der Waals surface area (Å²) in [4.78, 5) is 2.17. The molecule has 1 fully saturated rings. The molecule has 140 valence electrons. The van der Waals surface area contributed by atoms with Crippen LogP contribution in [0.1, 0.15) is 17.5 Å². The quantitative estimate of drug-likeness (QED) is 0.669. The van der Waals surface area contributed by atoms with E-state index in [9.17, 15) is 0 Å². The van der Waals surface area contributed by atoms with Gasteiger partial charge in [0.05, 0.1) is 33.6 Å². The number of hydrogen-bond acceptors (Lipinski definition) is 6. The summed E-state index contributed by atoms with van der Waals surface area (Å²) in [6, 6.07) is 15.9. The monoisotopic (exact) mass is 366 g/mol. The highest BCUT2D eigenvalue weighted by Crippen LogP contribution is 2.32. The normalized spacial score (nSPS) is 16.5. The van der Waals surface area contributed by atoms with Gasteiger partial charge in [0, 0.05) is 18.3 Å². The Balaban J connectivity index is 1.53. The molecule has 0 radical (unpaired) electrons. The van der Waals surface area contributed by atoms with E-state index in [0.717, 1.165) is 35.0 Å². The molecule has 1 aliphatic heterocycles. The highest BCUT2D eigenvalue weighted by Gasteiger charge is 2.29.